The third-order valence-electron chi connectivity index (χ3n) is 5.03. The Balaban J connectivity index is 1.35. The van der Waals surface area contributed by atoms with Crippen LogP contribution in [0.3, 0.4) is 0 Å². The van der Waals surface area contributed by atoms with Crippen LogP contribution in [0.4, 0.5) is 5.69 Å². The maximum Gasteiger partial charge on any atom is 0.292 e. The van der Waals surface area contributed by atoms with E-state index in [1.165, 1.54) is 4.68 Å². The van der Waals surface area contributed by atoms with E-state index in [1.807, 2.05) is 60.7 Å². The van der Waals surface area contributed by atoms with Gasteiger partial charge in [0.2, 0.25) is 0 Å². The third kappa shape index (κ3) is 4.60. The molecule has 0 spiro atoms. The highest BCUT2D eigenvalue weighted by atomic mass is 35.5. The molecular weight excluding hydrogens is 388 g/mol. The predicted octanol–water partition coefficient (Wildman–Crippen LogP) is 3.09. The standard InChI is InChI=1S/C22H23ClN4O2/c23-21-20(17-24-27(22(21)28)18-7-3-1-4-8-18)26-13-11-25(12-14-26)15-16-29-19-9-5-2-6-10-19/h1-10,17H,11-16H2. The summed E-state index contributed by atoms with van der Waals surface area (Å²) in [5, 5.41) is 4.54. The molecule has 2 heterocycles. The Morgan fingerprint density at radius 1 is 0.931 bits per heavy atom. The van der Waals surface area contributed by atoms with Crippen LogP contribution in [0.5, 0.6) is 5.75 Å². The molecule has 29 heavy (non-hydrogen) atoms. The SMILES string of the molecule is O=c1c(Cl)c(N2CCN(CCOc3ccccc3)CC2)cnn1-c1ccccc1. The van der Waals surface area contributed by atoms with Gasteiger partial charge in [-0.2, -0.15) is 9.78 Å². The minimum absolute atomic E-state index is 0.213. The molecule has 1 aliphatic rings. The zero-order valence-corrected chi connectivity index (χ0v) is 16.8. The number of halogens is 1. The van der Waals surface area contributed by atoms with Gasteiger partial charge in [0, 0.05) is 32.7 Å². The lowest BCUT2D eigenvalue weighted by atomic mass is 10.2. The van der Waals surface area contributed by atoms with E-state index in [9.17, 15) is 4.79 Å². The molecule has 0 amide bonds. The van der Waals surface area contributed by atoms with Crippen LogP contribution in [-0.4, -0.2) is 54.0 Å². The number of anilines is 1. The molecule has 7 heteroatoms. The van der Waals surface area contributed by atoms with Gasteiger partial charge in [-0.3, -0.25) is 9.69 Å². The summed E-state index contributed by atoms with van der Waals surface area (Å²) in [5.41, 5.74) is 1.10. The second-order valence-electron chi connectivity index (χ2n) is 6.89. The summed E-state index contributed by atoms with van der Waals surface area (Å²) in [5.74, 6) is 0.892. The van der Waals surface area contributed by atoms with Gasteiger partial charge in [0.05, 0.1) is 17.6 Å². The minimum atomic E-state index is -0.297. The molecule has 1 fully saturated rings. The molecule has 6 nitrogen and oxygen atoms in total. The molecular formula is C22H23ClN4O2. The van der Waals surface area contributed by atoms with Crippen molar-refractivity contribution in [3.63, 3.8) is 0 Å². The van der Waals surface area contributed by atoms with Crippen molar-refractivity contribution in [2.45, 2.75) is 0 Å². The molecule has 1 aliphatic heterocycles. The number of piperazine rings is 1. The topological polar surface area (TPSA) is 50.6 Å². The normalized spacial score (nSPS) is 14.7. The van der Waals surface area contributed by atoms with E-state index in [1.54, 1.807) is 6.20 Å². The van der Waals surface area contributed by atoms with Crippen molar-refractivity contribution in [3.05, 3.63) is 82.2 Å². The number of benzene rings is 2. The van der Waals surface area contributed by atoms with Gasteiger partial charge in [-0.05, 0) is 24.3 Å². The van der Waals surface area contributed by atoms with Gasteiger partial charge in [-0.25, -0.2) is 0 Å². The van der Waals surface area contributed by atoms with E-state index in [4.69, 9.17) is 16.3 Å². The van der Waals surface area contributed by atoms with Crippen molar-refractivity contribution in [1.82, 2.24) is 14.7 Å². The molecule has 0 saturated carbocycles. The number of hydrogen-bond donors (Lipinski definition) is 0. The number of rotatable bonds is 6. The van der Waals surface area contributed by atoms with Crippen molar-refractivity contribution >= 4 is 17.3 Å². The predicted molar refractivity (Wildman–Crippen MR) is 115 cm³/mol. The van der Waals surface area contributed by atoms with Crippen molar-refractivity contribution in [1.29, 1.82) is 0 Å². The Hall–Kier alpha value is -2.83. The number of aromatic nitrogens is 2. The number of ether oxygens (including phenoxy) is 1. The summed E-state index contributed by atoms with van der Waals surface area (Å²) < 4.78 is 7.12. The van der Waals surface area contributed by atoms with Crippen LogP contribution in [0.2, 0.25) is 5.02 Å². The van der Waals surface area contributed by atoms with E-state index in [0.29, 0.717) is 18.0 Å². The summed E-state index contributed by atoms with van der Waals surface area (Å²) in [6, 6.07) is 19.1. The lowest BCUT2D eigenvalue weighted by Crippen LogP contribution is -2.48. The summed E-state index contributed by atoms with van der Waals surface area (Å²) in [6.45, 7) is 4.87. The van der Waals surface area contributed by atoms with Crippen LogP contribution in [0.1, 0.15) is 0 Å². The lowest BCUT2D eigenvalue weighted by molar-refractivity contribution is 0.200. The smallest absolute Gasteiger partial charge is 0.292 e. The first-order chi connectivity index (χ1) is 14.2. The molecule has 4 rings (SSSR count). The lowest BCUT2D eigenvalue weighted by Gasteiger charge is -2.36. The van der Waals surface area contributed by atoms with Crippen molar-refractivity contribution in [3.8, 4) is 11.4 Å². The average Bonchev–Trinajstić information content (AvgIpc) is 2.78. The van der Waals surface area contributed by atoms with Crippen LogP contribution in [-0.2, 0) is 0 Å². The first-order valence-corrected chi connectivity index (χ1v) is 10.1. The zero-order valence-electron chi connectivity index (χ0n) is 16.1. The molecule has 0 aliphatic carbocycles. The highest BCUT2D eigenvalue weighted by molar-refractivity contribution is 6.33. The van der Waals surface area contributed by atoms with Gasteiger partial charge in [0.15, 0.2) is 0 Å². The summed E-state index contributed by atoms with van der Waals surface area (Å²) in [6.07, 6.45) is 1.69. The summed E-state index contributed by atoms with van der Waals surface area (Å²) in [4.78, 5) is 17.2. The van der Waals surface area contributed by atoms with Crippen LogP contribution in [0, 0.1) is 0 Å². The second kappa shape index (κ2) is 9.11. The molecule has 0 atom stereocenters. The zero-order chi connectivity index (χ0) is 20.1. The molecule has 0 N–H and O–H groups in total. The van der Waals surface area contributed by atoms with Crippen LogP contribution >= 0.6 is 11.6 Å². The van der Waals surface area contributed by atoms with Crippen LogP contribution in [0.15, 0.2) is 71.7 Å². The number of nitrogens with zero attached hydrogens (tertiary/aromatic N) is 4. The van der Waals surface area contributed by atoms with Gasteiger partial charge >= 0.3 is 0 Å². The van der Waals surface area contributed by atoms with E-state index in [-0.39, 0.29) is 10.6 Å². The van der Waals surface area contributed by atoms with Gasteiger partial charge < -0.3 is 9.64 Å². The molecule has 1 saturated heterocycles. The maximum absolute atomic E-state index is 12.7. The van der Waals surface area contributed by atoms with E-state index in [2.05, 4.69) is 14.9 Å². The molecule has 0 unspecified atom stereocenters. The summed E-state index contributed by atoms with van der Waals surface area (Å²) >= 11 is 6.42. The van der Waals surface area contributed by atoms with Crippen LogP contribution in [0.25, 0.3) is 5.69 Å². The summed E-state index contributed by atoms with van der Waals surface area (Å²) in [7, 11) is 0. The fourth-order valence-corrected chi connectivity index (χ4v) is 3.67. The Labute approximate surface area is 174 Å². The van der Waals surface area contributed by atoms with Crippen molar-refractivity contribution in [2.24, 2.45) is 0 Å². The Morgan fingerprint density at radius 2 is 1.59 bits per heavy atom. The van der Waals surface area contributed by atoms with E-state index >= 15 is 0 Å². The third-order valence-corrected chi connectivity index (χ3v) is 5.39. The fourth-order valence-electron chi connectivity index (χ4n) is 3.42. The molecule has 2 aromatic carbocycles. The molecule has 1 aromatic heterocycles. The monoisotopic (exact) mass is 410 g/mol. The van der Waals surface area contributed by atoms with Crippen molar-refractivity contribution < 1.29 is 4.74 Å². The Bertz CT molecular complexity index is 987. The second-order valence-corrected chi connectivity index (χ2v) is 7.26. The van der Waals surface area contributed by atoms with Crippen LogP contribution < -0.4 is 15.2 Å². The van der Waals surface area contributed by atoms with E-state index < -0.39 is 0 Å². The highest BCUT2D eigenvalue weighted by Gasteiger charge is 2.21. The van der Waals surface area contributed by atoms with Gasteiger partial charge in [-0.15, -0.1) is 0 Å². The molecule has 3 aromatic rings. The molecule has 150 valence electrons. The van der Waals surface area contributed by atoms with E-state index in [0.717, 1.165) is 38.5 Å². The number of hydrogen-bond acceptors (Lipinski definition) is 5. The highest BCUT2D eigenvalue weighted by Crippen LogP contribution is 2.23. The van der Waals surface area contributed by atoms with Gasteiger partial charge in [0.1, 0.15) is 17.4 Å². The fraction of sp³-hybridized carbons (Fsp3) is 0.273. The molecule has 0 bridgehead atoms. The van der Waals surface area contributed by atoms with Gasteiger partial charge in [-0.1, -0.05) is 48.0 Å². The first-order valence-electron chi connectivity index (χ1n) is 9.71. The van der Waals surface area contributed by atoms with Gasteiger partial charge in [0.25, 0.3) is 5.56 Å². The maximum atomic E-state index is 12.7. The quantitative estimate of drug-likeness (QED) is 0.625. The Kier molecular flexibility index (Phi) is 6.12. The Morgan fingerprint density at radius 3 is 2.28 bits per heavy atom. The molecule has 0 radical (unpaired) electrons. The van der Waals surface area contributed by atoms with Crippen molar-refractivity contribution in [2.75, 3.05) is 44.2 Å². The minimum Gasteiger partial charge on any atom is -0.492 e. The average molecular weight is 411 g/mol. The largest absolute Gasteiger partial charge is 0.492 e. The first kappa shape index (κ1) is 19.5. The number of para-hydroxylation sites is 2.